The number of rotatable bonds is 4. The van der Waals surface area contributed by atoms with Crippen LogP contribution in [0.5, 0.6) is 0 Å². The lowest BCUT2D eigenvalue weighted by molar-refractivity contribution is 0.222. The Morgan fingerprint density at radius 1 is 1.45 bits per heavy atom. The quantitative estimate of drug-likeness (QED) is 0.786. The molecule has 1 fully saturated rings. The van der Waals surface area contributed by atoms with Gasteiger partial charge in [0, 0.05) is 30.5 Å². The van der Waals surface area contributed by atoms with Gasteiger partial charge in [0.15, 0.2) is 10.8 Å². The molecule has 3 heterocycles. The first-order chi connectivity index (χ1) is 9.69. The summed E-state index contributed by atoms with van der Waals surface area (Å²) in [5, 5.41) is 2.94. The lowest BCUT2D eigenvalue weighted by Gasteiger charge is -2.32. The highest BCUT2D eigenvalue weighted by Crippen LogP contribution is 2.27. The molecule has 0 N–H and O–H groups in total. The Kier molecular flexibility index (Phi) is 4.33. The van der Waals surface area contributed by atoms with E-state index < -0.39 is 0 Å². The van der Waals surface area contributed by atoms with Crippen molar-refractivity contribution >= 4 is 38.0 Å². The van der Waals surface area contributed by atoms with Gasteiger partial charge in [0.1, 0.15) is 0 Å². The highest BCUT2D eigenvalue weighted by Gasteiger charge is 2.21. The van der Waals surface area contributed by atoms with E-state index in [1.165, 1.54) is 31.6 Å². The van der Waals surface area contributed by atoms with Crippen molar-refractivity contribution in [2.24, 2.45) is 5.92 Å². The smallest absolute Gasteiger partial charge is 0.195 e. The SMILES string of the molecule is CN1CCC(CN(C)c2nc3sccn3c2CBr)CC1. The summed E-state index contributed by atoms with van der Waals surface area (Å²) in [6, 6.07) is 0. The number of thiazole rings is 1. The summed E-state index contributed by atoms with van der Waals surface area (Å²) in [6.45, 7) is 3.56. The molecule has 0 aromatic carbocycles. The maximum atomic E-state index is 4.79. The van der Waals surface area contributed by atoms with E-state index in [1.54, 1.807) is 11.3 Å². The molecule has 0 radical (unpaired) electrons. The van der Waals surface area contributed by atoms with E-state index in [1.807, 2.05) is 0 Å². The number of alkyl halides is 1. The molecule has 0 aliphatic carbocycles. The number of hydrogen-bond acceptors (Lipinski definition) is 4. The zero-order valence-corrected chi connectivity index (χ0v) is 14.5. The maximum Gasteiger partial charge on any atom is 0.195 e. The summed E-state index contributed by atoms with van der Waals surface area (Å²) in [4.78, 5) is 10.6. The van der Waals surface area contributed by atoms with Crippen LogP contribution in [0.15, 0.2) is 11.6 Å². The van der Waals surface area contributed by atoms with E-state index in [0.717, 1.165) is 28.6 Å². The van der Waals surface area contributed by atoms with E-state index in [2.05, 4.69) is 55.8 Å². The van der Waals surface area contributed by atoms with Gasteiger partial charge in [0.05, 0.1) is 5.69 Å². The van der Waals surface area contributed by atoms with Gasteiger partial charge in [-0.15, -0.1) is 11.3 Å². The second kappa shape index (κ2) is 6.03. The second-order valence-electron chi connectivity index (χ2n) is 5.70. The third-order valence-corrected chi connectivity index (χ3v) is 5.49. The van der Waals surface area contributed by atoms with Gasteiger partial charge in [-0.25, -0.2) is 4.98 Å². The molecule has 2 aromatic rings. The molecule has 4 nitrogen and oxygen atoms in total. The third kappa shape index (κ3) is 2.73. The number of anilines is 1. The van der Waals surface area contributed by atoms with Crippen LogP contribution >= 0.6 is 27.3 Å². The number of halogens is 1. The van der Waals surface area contributed by atoms with Crippen molar-refractivity contribution < 1.29 is 0 Å². The number of aromatic nitrogens is 2. The Labute approximate surface area is 132 Å². The molecule has 0 amide bonds. The van der Waals surface area contributed by atoms with Crippen LogP contribution in [-0.2, 0) is 5.33 Å². The maximum absolute atomic E-state index is 4.79. The summed E-state index contributed by atoms with van der Waals surface area (Å²) >= 11 is 5.30. The molecule has 110 valence electrons. The Balaban J connectivity index is 1.74. The van der Waals surface area contributed by atoms with E-state index in [0.29, 0.717) is 0 Å². The highest BCUT2D eigenvalue weighted by molar-refractivity contribution is 9.08. The van der Waals surface area contributed by atoms with Crippen LogP contribution in [0.25, 0.3) is 4.96 Å². The predicted octanol–water partition coefficient (Wildman–Crippen LogP) is 3.07. The monoisotopic (exact) mass is 356 g/mol. The van der Waals surface area contributed by atoms with E-state index in [4.69, 9.17) is 4.98 Å². The largest absolute Gasteiger partial charge is 0.358 e. The minimum atomic E-state index is 0.791. The fourth-order valence-corrected chi connectivity index (χ4v) is 4.22. The van der Waals surface area contributed by atoms with Crippen LogP contribution in [0.4, 0.5) is 5.82 Å². The Hall–Kier alpha value is -0.590. The topological polar surface area (TPSA) is 23.8 Å². The first-order valence-electron chi connectivity index (χ1n) is 7.09. The fourth-order valence-electron chi connectivity index (χ4n) is 2.97. The standard InChI is InChI=1S/C14H21BrN4S/c1-17-5-3-11(4-6-17)10-18(2)13-12(9-15)19-7-8-20-14(19)16-13/h7-8,11H,3-6,9-10H2,1-2H3. The first-order valence-corrected chi connectivity index (χ1v) is 9.09. The van der Waals surface area contributed by atoms with Gasteiger partial charge in [-0.3, -0.25) is 4.40 Å². The van der Waals surface area contributed by atoms with Crippen molar-refractivity contribution in [2.75, 3.05) is 38.6 Å². The van der Waals surface area contributed by atoms with Gasteiger partial charge < -0.3 is 9.80 Å². The number of nitrogens with zero attached hydrogens (tertiary/aromatic N) is 4. The molecule has 1 aliphatic rings. The normalized spacial score (nSPS) is 17.9. The van der Waals surface area contributed by atoms with Crippen molar-refractivity contribution in [1.29, 1.82) is 0 Å². The zero-order valence-electron chi connectivity index (χ0n) is 12.0. The molecule has 0 unspecified atom stereocenters. The van der Waals surface area contributed by atoms with E-state index in [9.17, 15) is 0 Å². The first kappa shape index (κ1) is 14.4. The lowest BCUT2D eigenvalue weighted by Crippen LogP contribution is -2.36. The van der Waals surface area contributed by atoms with Gasteiger partial charge in [-0.1, -0.05) is 15.9 Å². The predicted molar refractivity (Wildman–Crippen MR) is 89.2 cm³/mol. The van der Waals surface area contributed by atoms with Crippen LogP contribution in [0.1, 0.15) is 18.5 Å². The molecule has 3 rings (SSSR count). The summed E-state index contributed by atoms with van der Waals surface area (Å²) in [6.07, 6.45) is 4.70. The molecular weight excluding hydrogens is 336 g/mol. The number of hydrogen-bond donors (Lipinski definition) is 0. The average molecular weight is 357 g/mol. The minimum Gasteiger partial charge on any atom is -0.358 e. The third-order valence-electron chi connectivity index (χ3n) is 4.20. The number of piperidine rings is 1. The second-order valence-corrected chi connectivity index (χ2v) is 7.13. The molecule has 0 saturated carbocycles. The summed E-state index contributed by atoms with van der Waals surface area (Å²) in [5.74, 6) is 1.92. The van der Waals surface area contributed by atoms with Crippen LogP contribution in [0, 0.1) is 5.92 Å². The molecule has 20 heavy (non-hydrogen) atoms. The van der Waals surface area contributed by atoms with Gasteiger partial charge in [-0.2, -0.15) is 0 Å². The number of fused-ring (bicyclic) bond motifs is 1. The molecule has 0 spiro atoms. The van der Waals surface area contributed by atoms with Gasteiger partial charge in [0.2, 0.25) is 0 Å². The van der Waals surface area contributed by atoms with Crippen LogP contribution in [0.2, 0.25) is 0 Å². The molecule has 1 saturated heterocycles. The molecule has 0 bridgehead atoms. The fraction of sp³-hybridized carbons (Fsp3) is 0.643. The van der Waals surface area contributed by atoms with E-state index in [-0.39, 0.29) is 0 Å². The van der Waals surface area contributed by atoms with E-state index >= 15 is 0 Å². The van der Waals surface area contributed by atoms with Crippen LogP contribution in [0.3, 0.4) is 0 Å². The summed E-state index contributed by atoms with van der Waals surface area (Å²) in [7, 11) is 4.39. The molecule has 2 aromatic heterocycles. The Bertz CT molecular complexity index is 571. The van der Waals surface area contributed by atoms with Crippen molar-refractivity contribution in [3.05, 3.63) is 17.3 Å². The molecular formula is C14H21BrN4S. The Morgan fingerprint density at radius 2 is 2.20 bits per heavy atom. The molecule has 1 aliphatic heterocycles. The zero-order chi connectivity index (χ0) is 14.1. The van der Waals surface area contributed by atoms with Crippen molar-refractivity contribution in [3.63, 3.8) is 0 Å². The molecule has 0 atom stereocenters. The Morgan fingerprint density at radius 3 is 2.90 bits per heavy atom. The average Bonchev–Trinajstić information content (AvgIpc) is 3.01. The van der Waals surface area contributed by atoms with Gasteiger partial charge >= 0.3 is 0 Å². The van der Waals surface area contributed by atoms with Crippen molar-refractivity contribution in [1.82, 2.24) is 14.3 Å². The van der Waals surface area contributed by atoms with Crippen molar-refractivity contribution in [2.45, 2.75) is 18.2 Å². The summed E-state index contributed by atoms with van der Waals surface area (Å²) in [5.41, 5.74) is 1.26. The van der Waals surface area contributed by atoms with Crippen LogP contribution < -0.4 is 4.90 Å². The van der Waals surface area contributed by atoms with Crippen LogP contribution in [-0.4, -0.2) is 48.0 Å². The summed E-state index contributed by atoms with van der Waals surface area (Å²) < 4.78 is 2.19. The minimum absolute atomic E-state index is 0.791. The van der Waals surface area contributed by atoms with Gasteiger partial charge in [-0.05, 0) is 38.9 Å². The number of likely N-dealkylation sites (tertiary alicyclic amines) is 1. The van der Waals surface area contributed by atoms with Crippen molar-refractivity contribution in [3.8, 4) is 0 Å². The lowest BCUT2D eigenvalue weighted by atomic mass is 9.97. The molecule has 6 heteroatoms. The number of imidazole rings is 1. The van der Waals surface area contributed by atoms with Gasteiger partial charge in [0.25, 0.3) is 0 Å². The highest BCUT2D eigenvalue weighted by atomic mass is 79.9.